The van der Waals surface area contributed by atoms with Crippen LogP contribution in [0.15, 0.2) is 36.4 Å². The molecule has 1 aliphatic heterocycles. The number of ether oxygens (including phenoxy) is 3. The molecule has 0 saturated carbocycles. The Kier molecular flexibility index (Phi) is 5.49. The Labute approximate surface area is 140 Å². The van der Waals surface area contributed by atoms with Crippen molar-refractivity contribution in [3.63, 3.8) is 0 Å². The van der Waals surface area contributed by atoms with Gasteiger partial charge in [0.25, 0.3) is 0 Å². The predicted octanol–water partition coefficient (Wildman–Crippen LogP) is 3.98. The molecule has 3 rings (SSSR count). The smallest absolute Gasteiger partial charge is 0.313 e. The van der Waals surface area contributed by atoms with E-state index in [1.54, 1.807) is 12.1 Å². The van der Waals surface area contributed by atoms with Crippen LogP contribution in [-0.4, -0.2) is 31.9 Å². The van der Waals surface area contributed by atoms with Gasteiger partial charge in [-0.05, 0) is 25.0 Å². The first-order valence-corrected chi connectivity index (χ1v) is 8.19. The second-order valence-corrected chi connectivity index (χ2v) is 5.93. The van der Waals surface area contributed by atoms with Crippen LogP contribution >= 0.6 is 11.6 Å². The minimum atomic E-state index is -0.315. The fourth-order valence-electron chi connectivity index (χ4n) is 2.64. The maximum atomic E-state index is 12.0. The van der Waals surface area contributed by atoms with Crippen molar-refractivity contribution in [1.29, 1.82) is 0 Å². The van der Waals surface area contributed by atoms with Gasteiger partial charge in [0.05, 0.1) is 25.7 Å². The number of benzene rings is 2. The van der Waals surface area contributed by atoms with E-state index in [4.69, 9.17) is 25.8 Å². The Morgan fingerprint density at radius 2 is 2.04 bits per heavy atom. The maximum Gasteiger partial charge on any atom is 0.313 e. The Bertz CT molecular complexity index is 680. The van der Waals surface area contributed by atoms with Crippen LogP contribution in [0.1, 0.15) is 19.3 Å². The van der Waals surface area contributed by atoms with Gasteiger partial charge >= 0.3 is 5.97 Å². The van der Waals surface area contributed by atoms with Crippen LogP contribution in [0.3, 0.4) is 0 Å². The van der Waals surface area contributed by atoms with E-state index in [9.17, 15) is 4.79 Å². The van der Waals surface area contributed by atoms with E-state index in [2.05, 4.69) is 0 Å². The lowest BCUT2D eigenvalue weighted by Gasteiger charge is -2.11. The number of esters is 1. The largest absolute Gasteiger partial charge is 0.426 e. The van der Waals surface area contributed by atoms with E-state index in [1.807, 2.05) is 24.3 Å². The van der Waals surface area contributed by atoms with Crippen molar-refractivity contribution in [3.8, 4) is 5.75 Å². The highest BCUT2D eigenvalue weighted by Gasteiger charge is 2.16. The summed E-state index contributed by atoms with van der Waals surface area (Å²) in [5.41, 5.74) is 0. The van der Waals surface area contributed by atoms with Gasteiger partial charge in [0, 0.05) is 22.4 Å². The van der Waals surface area contributed by atoms with E-state index < -0.39 is 0 Å². The molecule has 0 aliphatic carbocycles. The minimum absolute atomic E-state index is 0.172. The molecule has 4 nitrogen and oxygen atoms in total. The van der Waals surface area contributed by atoms with Gasteiger partial charge in [-0.15, -0.1) is 0 Å². The van der Waals surface area contributed by atoms with Gasteiger partial charge in [-0.25, -0.2) is 0 Å². The molecule has 0 spiro atoms. The number of fused-ring (bicyclic) bond motifs is 1. The summed E-state index contributed by atoms with van der Waals surface area (Å²) in [7, 11) is 0. The van der Waals surface area contributed by atoms with Crippen LogP contribution in [0.5, 0.6) is 5.75 Å². The molecule has 0 N–H and O–H groups in total. The fourth-order valence-corrected chi connectivity index (χ4v) is 2.87. The van der Waals surface area contributed by atoms with Gasteiger partial charge in [0.2, 0.25) is 0 Å². The molecular formula is C18H19ClO4. The molecule has 1 atom stereocenters. The molecule has 0 aromatic heterocycles. The third kappa shape index (κ3) is 4.22. The first-order valence-electron chi connectivity index (χ1n) is 7.81. The normalized spacial score (nSPS) is 17.5. The van der Waals surface area contributed by atoms with Gasteiger partial charge in [0.1, 0.15) is 5.75 Å². The van der Waals surface area contributed by atoms with Crippen molar-refractivity contribution < 1.29 is 19.0 Å². The molecule has 122 valence electrons. The molecule has 0 amide bonds. The first-order chi connectivity index (χ1) is 11.2. The van der Waals surface area contributed by atoms with Gasteiger partial charge in [-0.3, -0.25) is 4.79 Å². The zero-order chi connectivity index (χ0) is 16.1. The Morgan fingerprint density at radius 3 is 2.83 bits per heavy atom. The quantitative estimate of drug-likeness (QED) is 0.455. The predicted molar refractivity (Wildman–Crippen MR) is 89.0 cm³/mol. The summed E-state index contributed by atoms with van der Waals surface area (Å²) in [6, 6.07) is 11.0. The highest BCUT2D eigenvalue weighted by molar-refractivity contribution is 6.35. The van der Waals surface area contributed by atoms with Crippen LogP contribution in [-0.2, 0) is 14.3 Å². The second-order valence-electron chi connectivity index (χ2n) is 5.53. The Hall–Kier alpha value is -1.62. The summed E-state index contributed by atoms with van der Waals surface area (Å²) in [6.45, 7) is 1.68. The maximum absolute atomic E-state index is 12.0. The fraction of sp³-hybridized carbons (Fsp3) is 0.389. The lowest BCUT2D eigenvalue weighted by molar-refractivity contribution is -0.135. The third-order valence-electron chi connectivity index (χ3n) is 3.83. The Morgan fingerprint density at radius 1 is 1.22 bits per heavy atom. The SMILES string of the molecule is O=C(CCOCC1CCCO1)Oc1ccc(Cl)c2ccccc12. The second kappa shape index (κ2) is 7.77. The van der Waals surface area contributed by atoms with Gasteiger partial charge in [0.15, 0.2) is 0 Å². The average molecular weight is 335 g/mol. The van der Waals surface area contributed by atoms with Crippen molar-refractivity contribution in [1.82, 2.24) is 0 Å². The minimum Gasteiger partial charge on any atom is -0.426 e. The summed E-state index contributed by atoms with van der Waals surface area (Å²) in [6.07, 6.45) is 2.50. The molecule has 0 bridgehead atoms. The van der Waals surface area contributed by atoms with E-state index in [0.717, 1.165) is 30.2 Å². The number of halogens is 1. The number of hydrogen-bond acceptors (Lipinski definition) is 4. The molecule has 2 aromatic rings. The number of hydrogen-bond donors (Lipinski definition) is 0. The molecule has 0 radical (unpaired) electrons. The van der Waals surface area contributed by atoms with Gasteiger partial charge < -0.3 is 14.2 Å². The van der Waals surface area contributed by atoms with E-state index in [-0.39, 0.29) is 18.5 Å². The lowest BCUT2D eigenvalue weighted by Crippen LogP contribution is -2.17. The van der Waals surface area contributed by atoms with Gasteiger partial charge in [-0.2, -0.15) is 0 Å². The molecule has 1 heterocycles. The zero-order valence-electron chi connectivity index (χ0n) is 12.8. The van der Waals surface area contributed by atoms with Gasteiger partial charge in [-0.1, -0.05) is 35.9 Å². The summed E-state index contributed by atoms with van der Waals surface area (Å²) < 4.78 is 16.4. The number of rotatable bonds is 6. The highest BCUT2D eigenvalue weighted by atomic mass is 35.5. The lowest BCUT2D eigenvalue weighted by atomic mass is 10.1. The third-order valence-corrected chi connectivity index (χ3v) is 4.16. The summed E-state index contributed by atoms with van der Waals surface area (Å²) in [4.78, 5) is 12.0. The molecule has 23 heavy (non-hydrogen) atoms. The summed E-state index contributed by atoms with van der Waals surface area (Å²) >= 11 is 6.16. The van der Waals surface area contributed by atoms with E-state index in [0.29, 0.717) is 24.0 Å². The van der Waals surface area contributed by atoms with Crippen LogP contribution < -0.4 is 4.74 Å². The van der Waals surface area contributed by atoms with E-state index >= 15 is 0 Å². The van der Waals surface area contributed by atoms with Crippen molar-refractivity contribution in [2.45, 2.75) is 25.4 Å². The van der Waals surface area contributed by atoms with Crippen LogP contribution in [0.4, 0.5) is 0 Å². The van der Waals surface area contributed by atoms with Crippen LogP contribution in [0, 0.1) is 0 Å². The van der Waals surface area contributed by atoms with Crippen LogP contribution in [0.2, 0.25) is 5.02 Å². The molecule has 5 heteroatoms. The molecule has 1 unspecified atom stereocenters. The van der Waals surface area contributed by atoms with Crippen molar-refractivity contribution in [2.75, 3.05) is 19.8 Å². The Balaban J connectivity index is 1.52. The zero-order valence-corrected chi connectivity index (χ0v) is 13.6. The average Bonchev–Trinajstić information content (AvgIpc) is 3.08. The van der Waals surface area contributed by atoms with E-state index in [1.165, 1.54) is 0 Å². The molecular weight excluding hydrogens is 316 g/mol. The summed E-state index contributed by atoms with van der Waals surface area (Å²) in [5, 5.41) is 2.34. The van der Waals surface area contributed by atoms with Crippen LogP contribution in [0.25, 0.3) is 10.8 Å². The molecule has 1 fully saturated rings. The standard InChI is InChI=1S/C18H19ClO4/c19-16-7-8-17(15-6-2-1-5-14(15)16)23-18(20)9-11-21-12-13-4-3-10-22-13/h1-2,5-8,13H,3-4,9-12H2. The van der Waals surface area contributed by atoms with Crippen molar-refractivity contribution in [2.24, 2.45) is 0 Å². The topological polar surface area (TPSA) is 44.8 Å². The van der Waals surface area contributed by atoms with Crippen molar-refractivity contribution in [3.05, 3.63) is 41.4 Å². The van der Waals surface area contributed by atoms with Crippen molar-refractivity contribution >= 4 is 28.3 Å². The highest BCUT2D eigenvalue weighted by Crippen LogP contribution is 2.31. The molecule has 2 aromatic carbocycles. The number of carbonyl (C=O) groups is 1. The monoisotopic (exact) mass is 334 g/mol. The summed E-state index contributed by atoms with van der Waals surface area (Å²) in [5.74, 6) is 0.207. The molecule has 1 saturated heterocycles. The number of carbonyl (C=O) groups excluding carboxylic acids is 1. The first kappa shape index (κ1) is 16.2. The molecule has 1 aliphatic rings.